The van der Waals surface area contributed by atoms with Gasteiger partial charge in [0.1, 0.15) is 23.4 Å². The highest BCUT2D eigenvalue weighted by Gasteiger charge is 2.40. The third-order valence-electron chi connectivity index (χ3n) is 6.02. The van der Waals surface area contributed by atoms with Crippen molar-refractivity contribution in [2.24, 2.45) is 0 Å². The summed E-state index contributed by atoms with van der Waals surface area (Å²) in [6, 6.07) is 17.5. The molecule has 10 heteroatoms. The summed E-state index contributed by atoms with van der Waals surface area (Å²) in [4.78, 5) is 12.7. The van der Waals surface area contributed by atoms with Crippen LogP contribution < -0.4 is 10.1 Å². The summed E-state index contributed by atoms with van der Waals surface area (Å²) in [5.74, 6) is -2.02. The first-order chi connectivity index (χ1) is 17.7. The highest BCUT2D eigenvalue weighted by molar-refractivity contribution is 8.00. The summed E-state index contributed by atoms with van der Waals surface area (Å²) < 4.78 is 58.5. The molecule has 0 bridgehead atoms. The van der Waals surface area contributed by atoms with E-state index in [1.807, 2.05) is 29.6 Å². The van der Waals surface area contributed by atoms with Gasteiger partial charge in [0.15, 0.2) is 0 Å². The smallest absolute Gasteiger partial charge is 0.471 e. The molecule has 37 heavy (non-hydrogen) atoms. The molecule has 3 aromatic carbocycles. The number of alkyl halides is 3. The van der Waals surface area contributed by atoms with Crippen molar-refractivity contribution in [3.05, 3.63) is 78.1 Å². The van der Waals surface area contributed by atoms with E-state index >= 15 is 0 Å². The second kappa shape index (κ2) is 10.1. The average Bonchev–Trinajstić information content (AvgIpc) is 3.59. The summed E-state index contributed by atoms with van der Waals surface area (Å²) in [7, 11) is 0. The first-order valence-electron chi connectivity index (χ1n) is 11.7. The van der Waals surface area contributed by atoms with Gasteiger partial charge >= 0.3 is 12.1 Å². The van der Waals surface area contributed by atoms with E-state index in [1.165, 1.54) is 31.9 Å². The number of rotatable bonds is 8. The number of aromatic nitrogens is 2. The number of halogens is 4. The number of nitrogens with zero attached hydrogens (tertiary/aromatic N) is 1. The number of carbonyl (C=O) groups is 1. The predicted molar refractivity (Wildman–Crippen MR) is 134 cm³/mol. The van der Waals surface area contributed by atoms with Gasteiger partial charge in [0.05, 0.1) is 11.6 Å². The van der Waals surface area contributed by atoms with Crippen molar-refractivity contribution in [2.75, 3.05) is 0 Å². The van der Waals surface area contributed by atoms with Crippen LogP contribution in [0.3, 0.4) is 0 Å². The van der Waals surface area contributed by atoms with Gasteiger partial charge in [0.2, 0.25) is 0 Å². The van der Waals surface area contributed by atoms with Crippen LogP contribution in [-0.4, -0.2) is 33.6 Å². The first-order valence-corrected chi connectivity index (χ1v) is 12.6. The number of amides is 1. The average molecular weight is 530 g/mol. The molecule has 1 aliphatic rings. The second-order valence-corrected chi connectivity index (χ2v) is 10.3. The van der Waals surface area contributed by atoms with Gasteiger partial charge in [-0.1, -0.05) is 12.1 Å². The molecule has 1 heterocycles. The van der Waals surface area contributed by atoms with Gasteiger partial charge in [0.25, 0.3) is 0 Å². The van der Waals surface area contributed by atoms with E-state index < -0.39 is 24.2 Å². The Hall–Kier alpha value is -3.53. The van der Waals surface area contributed by atoms with E-state index in [0.717, 1.165) is 4.90 Å². The number of thioether (sulfide) groups is 1. The first kappa shape index (κ1) is 25.1. The van der Waals surface area contributed by atoms with Gasteiger partial charge in [-0.3, -0.25) is 9.89 Å². The number of hydrogen-bond acceptors (Lipinski definition) is 4. The molecule has 192 valence electrons. The van der Waals surface area contributed by atoms with E-state index in [9.17, 15) is 22.4 Å². The molecule has 1 aliphatic carbocycles. The molecule has 5 nitrogen and oxygen atoms in total. The molecule has 0 spiro atoms. The zero-order valence-corrected chi connectivity index (χ0v) is 20.5. The standard InChI is InChI=1S/C27H23F4N3O2S/c1-15(32-26(35)27(29,30)31)25(17-4-9-20(10-5-17)37-21-11-12-21)36-19-8-13-23-22(14-19)24(34-33-23)16-2-6-18(28)7-3-16/h2-10,13-15,21,25H,11-12H2,1H3,(H,32,35)(H,33,34)/t15-,25-/m0/s1. The fraction of sp³-hybridized carbons (Fsp3) is 0.259. The van der Waals surface area contributed by atoms with E-state index in [2.05, 4.69) is 10.2 Å². The molecular formula is C27H23F4N3O2S. The number of fused-ring (bicyclic) bond motifs is 1. The minimum absolute atomic E-state index is 0.369. The van der Waals surface area contributed by atoms with Crippen molar-refractivity contribution in [3.8, 4) is 17.0 Å². The van der Waals surface area contributed by atoms with E-state index in [1.54, 1.807) is 42.1 Å². The van der Waals surface area contributed by atoms with Gasteiger partial charge in [-0.25, -0.2) is 4.39 Å². The highest BCUT2D eigenvalue weighted by Crippen LogP contribution is 2.40. The third-order valence-corrected chi connectivity index (χ3v) is 7.37. The Morgan fingerprint density at radius 2 is 1.78 bits per heavy atom. The molecule has 2 atom stereocenters. The monoisotopic (exact) mass is 529 g/mol. The Kier molecular flexibility index (Phi) is 6.85. The maximum absolute atomic E-state index is 13.4. The highest BCUT2D eigenvalue weighted by atomic mass is 32.2. The van der Waals surface area contributed by atoms with Crippen LogP contribution in [0, 0.1) is 5.82 Å². The van der Waals surface area contributed by atoms with Crippen molar-refractivity contribution >= 4 is 28.6 Å². The Morgan fingerprint density at radius 1 is 1.08 bits per heavy atom. The lowest BCUT2D eigenvalue weighted by Gasteiger charge is -2.27. The number of nitrogens with one attached hydrogen (secondary N) is 2. The zero-order chi connectivity index (χ0) is 26.2. The van der Waals surface area contributed by atoms with E-state index in [4.69, 9.17) is 4.74 Å². The SMILES string of the molecule is C[C@H](NC(=O)C(F)(F)F)[C@H](Oc1ccc2[nH]nc(-c3ccc(F)cc3)c2c1)c1ccc(SC2CC2)cc1. The molecule has 0 unspecified atom stereocenters. The van der Waals surface area contributed by atoms with Crippen LogP contribution in [0.5, 0.6) is 5.75 Å². The summed E-state index contributed by atoms with van der Waals surface area (Å²) in [6.07, 6.45) is -3.56. The predicted octanol–water partition coefficient (Wildman–Crippen LogP) is 6.81. The Balaban J connectivity index is 1.45. The molecule has 1 amide bonds. The Morgan fingerprint density at radius 3 is 2.43 bits per heavy atom. The molecule has 0 aliphatic heterocycles. The molecular weight excluding hydrogens is 506 g/mol. The van der Waals surface area contributed by atoms with Crippen molar-refractivity contribution in [2.45, 2.75) is 48.2 Å². The van der Waals surface area contributed by atoms with Crippen LogP contribution in [0.2, 0.25) is 0 Å². The molecule has 1 aromatic heterocycles. The lowest BCUT2D eigenvalue weighted by atomic mass is 10.0. The van der Waals surface area contributed by atoms with Crippen molar-refractivity contribution in [1.82, 2.24) is 15.5 Å². The van der Waals surface area contributed by atoms with Crippen molar-refractivity contribution in [3.63, 3.8) is 0 Å². The molecule has 4 aromatic rings. The largest absolute Gasteiger partial charge is 0.484 e. The summed E-state index contributed by atoms with van der Waals surface area (Å²) in [5.41, 5.74) is 2.61. The van der Waals surface area contributed by atoms with Crippen LogP contribution in [0.15, 0.2) is 71.6 Å². The fourth-order valence-corrected chi connectivity index (χ4v) is 5.03. The van der Waals surface area contributed by atoms with E-state index in [0.29, 0.717) is 38.7 Å². The summed E-state index contributed by atoms with van der Waals surface area (Å²) in [5, 5.41) is 10.6. The Bertz CT molecular complexity index is 1400. The minimum Gasteiger partial charge on any atom is -0.484 e. The van der Waals surface area contributed by atoms with Gasteiger partial charge in [-0.2, -0.15) is 18.3 Å². The second-order valence-electron chi connectivity index (χ2n) is 8.97. The van der Waals surface area contributed by atoms with Crippen LogP contribution in [0.25, 0.3) is 22.2 Å². The quantitative estimate of drug-likeness (QED) is 0.246. The molecule has 0 saturated heterocycles. The summed E-state index contributed by atoms with van der Waals surface area (Å²) >= 11 is 1.77. The number of H-pyrrole nitrogens is 1. The third kappa shape index (κ3) is 5.90. The van der Waals surface area contributed by atoms with Gasteiger partial charge in [-0.05, 0) is 79.9 Å². The van der Waals surface area contributed by atoms with Crippen LogP contribution in [0.1, 0.15) is 31.4 Å². The molecule has 5 rings (SSSR count). The van der Waals surface area contributed by atoms with Crippen LogP contribution in [0.4, 0.5) is 17.6 Å². The number of benzene rings is 3. The zero-order valence-electron chi connectivity index (χ0n) is 19.7. The maximum atomic E-state index is 13.4. The number of ether oxygens (including phenoxy) is 1. The lowest BCUT2D eigenvalue weighted by Crippen LogP contribution is -2.45. The van der Waals surface area contributed by atoms with Crippen molar-refractivity contribution in [1.29, 1.82) is 0 Å². The number of carbonyl (C=O) groups excluding carboxylic acids is 1. The van der Waals surface area contributed by atoms with Gasteiger partial charge < -0.3 is 10.1 Å². The molecule has 2 N–H and O–H groups in total. The van der Waals surface area contributed by atoms with E-state index in [-0.39, 0.29) is 5.82 Å². The minimum atomic E-state index is -5.01. The summed E-state index contributed by atoms with van der Waals surface area (Å²) in [6.45, 7) is 1.47. The molecule has 1 fully saturated rings. The number of aromatic amines is 1. The normalized spacial score (nSPS) is 15.4. The fourth-order valence-electron chi connectivity index (χ4n) is 3.98. The lowest BCUT2D eigenvalue weighted by molar-refractivity contribution is -0.174. The number of hydrogen-bond donors (Lipinski definition) is 2. The van der Waals surface area contributed by atoms with Gasteiger partial charge in [0, 0.05) is 21.1 Å². The van der Waals surface area contributed by atoms with Crippen molar-refractivity contribution < 1.29 is 27.1 Å². The Labute approximate surface area is 214 Å². The maximum Gasteiger partial charge on any atom is 0.471 e. The van der Waals surface area contributed by atoms with Gasteiger partial charge in [-0.15, -0.1) is 11.8 Å². The van der Waals surface area contributed by atoms with Crippen LogP contribution >= 0.6 is 11.8 Å². The molecule has 1 saturated carbocycles. The molecule has 0 radical (unpaired) electrons. The van der Waals surface area contributed by atoms with Crippen LogP contribution in [-0.2, 0) is 4.79 Å². The topological polar surface area (TPSA) is 67.0 Å².